The van der Waals surface area contributed by atoms with E-state index in [0.717, 1.165) is 11.8 Å². The Bertz CT molecular complexity index is 1140. The van der Waals surface area contributed by atoms with Gasteiger partial charge in [0.05, 0.1) is 4.91 Å². The lowest BCUT2D eigenvalue weighted by molar-refractivity contribution is -0.154. The number of carbonyl (C=O) groups excluding carboxylic acids is 2. The summed E-state index contributed by atoms with van der Waals surface area (Å²) in [7, 11) is 0. The van der Waals surface area contributed by atoms with E-state index in [2.05, 4.69) is 20.0 Å². The van der Waals surface area contributed by atoms with Crippen LogP contribution in [0.3, 0.4) is 0 Å². The number of hydrogen-bond acceptors (Lipinski definition) is 7. The lowest BCUT2D eigenvalue weighted by Gasteiger charge is -2.08. The van der Waals surface area contributed by atoms with Crippen LogP contribution in [-0.2, 0) is 4.79 Å². The summed E-state index contributed by atoms with van der Waals surface area (Å²) in [6.45, 7) is -1.43. The van der Waals surface area contributed by atoms with Gasteiger partial charge in [0.1, 0.15) is 11.3 Å². The van der Waals surface area contributed by atoms with Crippen LogP contribution in [0.5, 0.6) is 5.88 Å². The molecule has 1 N–H and O–H groups in total. The Morgan fingerprint density at radius 3 is 2.69 bits per heavy atom. The number of hydrogen-bond donors (Lipinski definition) is 1. The van der Waals surface area contributed by atoms with Crippen molar-refractivity contribution in [1.82, 2.24) is 15.3 Å². The van der Waals surface area contributed by atoms with Crippen LogP contribution in [0, 0.1) is 0 Å². The van der Waals surface area contributed by atoms with Crippen molar-refractivity contribution in [2.45, 2.75) is 6.18 Å². The number of amides is 2. The summed E-state index contributed by atoms with van der Waals surface area (Å²) in [4.78, 5) is 31.1. The molecule has 4 heterocycles. The monoisotopic (exact) mass is 421 g/mol. The highest BCUT2D eigenvalue weighted by atomic mass is 32.2. The van der Waals surface area contributed by atoms with E-state index in [4.69, 9.17) is 4.42 Å². The Balaban J connectivity index is 1.63. The normalized spacial score (nSPS) is 15.9. The van der Waals surface area contributed by atoms with E-state index >= 15 is 0 Å². The Morgan fingerprint density at radius 1 is 1.21 bits per heavy atom. The van der Waals surface area contributed by atoms with Crippen LogP contribution in [0.4, 0.5) is 18.0 Å². The number of nitrogens with one attached hydrogen (secondary N) is 1. The van der Waals surface area contributed by atoms with Crippen LogP contribution in [0.25, 0.3) is 28.2 Å². The van der Waals surface area contributed by atoms with Gasteiger partial charge >= 0.3 is 6.18 Å². The average Bonchev–Trinajstić information content (AvgIpc) is 3.21. The maximum atomic E-state index is 12.2. The van der Waals surface area contributed by atoms with E-state index < -0.39 is 23.9 Å². The van der Waals surface area contributed by atoms with E-state index in [1.165, 1.54) is 30.6 Å². The third-order valence-corrected chi connectivity index (χ3v) is 4.60. The number of fused-ring (bicyclic) bond motifs is 1. The summed E-state index contributed by atoms with van der Waals surface area (Å²) in [6, 6.07) is 4.51. The van der Waals surface area contributed by atoms with Gasteiger partial charge in [-0.2, -0.15) is 13.2 Å². The number of alkyl halides is 3. The summed E-state index contributed by atoms with van der Waals surface area (Å²) >= 11 is 0.769. The van der Waals surface area contributed by atoms with Crippen LogP contribution < -0.4 is 10.1 Å². The molecule has 2 amide bonds. The van der Waals surface area contributed by atoms with Crippen molar-refractivity contribution in [2.24, 2.45) is 0 Å². The zero-order valence-corrected chi connectivity index (χ0v) is 15.1. The molecule has 0 radical (unpaired) electrons. The van der Waals surface area contributed by atoms with Gasteiger partial charge in [-0.3, -0.25) is 19.9 Å². The van der Waals surface area contributed by atoms with Crippen molar-refractivity contribution in [3.63, 3.8) is 0 Å². The molecule has 0 unspecified atom stereocenters. The maximum Gasteiger partial charge on any atom is 0.422 e. The van der Waals surface area contributed by atoms with Gasteiger partial charge in [0.25, 0.3) is 11.1 Å². The Hall–Kier alpha value is -3.34. The quantitative estimate of drug-likeness (QED) is 0.633. The van der Waals surface area contributed by atoms with Gasteiger partial charge in [-0.1, -0.05) is 0 Å². The predicted octanol–water partition coefficient (Wildman–Crippen LogP) is 4.15. The minimum Gasteiger partial charge on any atom is -0.468 e. The average molecular weight is 421 g/mol. The van der Waals surface area contributed by atoms with Crippen molar-refractivity contribution in [1.29, 1.82) is 0 Å². The van der Waals surface area contributed by atoms with Crippen LogP contribution in [0.1, 0.15) is 5.76 Å². The number of aromatic nitrogens is 2. The SMILES string of the molecule is O=C1NC(=O)/C(=C\c2cc3cncc(-c4ccc(OCC(F)(F)F)nc4)c3o2)S1. The molecule has 1 aliphatic heterocycles. The number of carbonyl (C=O) groups is 2. The molecule has 3 aromatic rings. The van der Waals surface area contributed by atoms with Gasteiger partial charge in [0.2, 0.25) is 5.88 Å². The standard InChI is InChI=1S/C18H10F3N3O4S/c19-18(20,21)8-27-14-2-1-9(6-23-14)12-7-22-5-10-3-11(28-15(10)12)4-13-16(25)24-17(26)29-13/h1-7H,8H2,(H,24,25,26)/b13-4+. The highest BCUT2D eigenvalue weighted by molar-refractivity contribution is 8.18. The molecule has 148 valence electrons. The fourth-order valence-electron chi connectivity index (χ4n) is 2.59. The molecule has 1 aliphatic rings. The summed E-state index contributed by atoms with van der Waals surface area (Å²) in [5.74, 6) is -0.317. The second-order valence-corrected chi connectivity index (χ2v) is 6.91. The topological polar surface area (TPSA) is 94.3 Å². The van der Waals surface area contributed by atoms with E-state index in [1.807, 2.05) is 0 Å². The molecule has 3 aromatic heterocycles. The van der Waals surface area contributed by atoms with Crippen molar-refractivity contribution in [2.75, 3.05) is 6.61 Å². The lowest BCUT2D eigenvalue weighted by atomic mass is 10.1. The Kier molecular flexibility index (Phi) is 4.74. The molecule has 0 aromatic carbocycles. The van der Waals surface area contributed by atoms with E-state index in [-0.39, 0.29) is 10.8 Å². The second-order valence-electron chi connectivity index (χ2n) is 5.90. The minimum atomic E-state index is -4.45. The fraction of sp³-hybridized carbons (Fsp3) is 0.111. The predicted molar refractivity (Wildman–Crippen MR) is 97.9 cm³/mol. The van der Waals surface area contributed by atoms with Gasteiger partial charge in [-0.15, -0.1) is 0 Å². The molecule has 11 heteroatoms. The lowest BCUT2D eigenvalue weighted by Crippen LogP contribution is -2.19. The van der Waals surface area contributed by atoms with Gasteiger partial charge in [-0.05, 0) is 23.9 Å². The molecular formula is C18H10F3N3O4S. The van der Waals surface area contributed by atoms with Crippen LogP contribution in [0.15, 0.2) is 46.1 Å². The van der Waals surface area contributed by atoms with E-state index in [9.17, 15) is 22.8 Å². The van der Waals surface area contributed by atoms with Gasteiger partial charge < -0.3 is 9.15 Å². The first kappa shape index (κ1) is 19.0. The molecule has 4 rings (SSSR count). The highest BCUT2D eigenvalue weighted by Gasteiger charge is 2.28. The van der Waals surface area contributed by atoms with Gasteiger partial charge in [0, 0.05) is 47.2 Å². The molecule has 29 heavy (non-hydrogen) atoms. The maximum absolute atomic E-state index is 12.2. The Morgan fingerprint density at radius 2 is 2.03 bits per heavy atom. The summed E-state index contributed by atoms with van der Waals surface area (Å²) in [5, 5.41) is 2.34. The van der Waals surface area contributed by atoms with Crippen LogP contribution in [-0.4, -0.2) is 33.9 Å². The molecular weight excluding hydrogens is 411 g/mol. The third kappa shape index (κ3) is 4.24. The summed E-state index contributed by atoms with van der Waals surface area (Å²) < 4.78 is 47.1. The van der Waals surface area contributed by atoms with Crippen molar-refractivity contribution < 1.29 is 31.9 Å². The molecule has 0 bridgehead atoms. The number of ether oxygens (including phenoxy) is 1. The second kappa shape index (κ2) is 7.24. The van der Waals surface area contributed by atoms with Crippen LogP contribution >= 0.6 is 11.8 Å². The van der Waals surface area contributed by atoms with Crippen molar-refractivity contribution in [3.8, 4) is 17.0 Å². The van der Waals surface area contributed by atoms with Crippen molar-refractivity contribution >= 4 is 40.0 Å². The number of rotatable bonds is 4. The summed E-state index contributed by atoms with van der Waals surface area (Å²) in [5.41, 5.74) is 1.56. The molecule has 1 fully saturated rings. The number of pyridine rings is 2. The number of nitrogens with zero attached hydrogens (tertiary/aromatic N) is 2. The fourth-order valence-corrected chi connectivity index (χ4v) is 3.25. The molecule has 1 saturated heterocycles. The van der Waals surface area contributed by atoms with Gasteiger partial charge in [0.15, 0.2) is 6.61 Å². The summed E-state index contributed by atoms with van der Waals surface area (Å²) in [6.07, 6.45) is 1.43. The molecule has 0 aliphatic carbocycles. The number of halogens is 3. The highest BCUT2D eigenvalue weighted by Crippen LogP contribution is 2.33. The number of imide groups is 1. The molecule has 7 nitrogen and oxygen atoms in total. The number of furan rings is 1. The first-order chi connectivity index (χ1) is 13.8. The third-order valence-electron chi connectivity index (χ3n) is 3.79. The smallest absolute Gasteiger partial charge is 0.422 e. The zero-order chi connectivity index (χ0) is 20.6. The molecule has 0 atom stereocenters. The van der Waals surface area contributed by atoms with Gasteiger partial charge in [-0.25, -0.2) is 4.98 Å². The van der Waals surface area contributed by atoms with Crippen LogP contribution in [0.2, 0.25) is 0 Å². The first-order valence-corrected chi connectivity index (χ1v) is 8.88. The minimum absolute atomic E-state index is 0.162. The Labute approximate surface area is 165 Å². The van der Waals surface area contributed by atoms with E-state index in [0.29, 0.717) is 27.9 Å². The molecule has 0 spiro atoms. The first-order valence-electron chi connectivity index (χ1n) is 8.07. The van der Waals surface area contributed by atoms with Crippen molar-refractivity contribution in [3.05, 3.63) is 47.5 Å². The zero-order valence-electron chi connectivity index (χ0n) is 14.3. The number of thioether (sulfide) groups is 1. The van der Waals surface area contributed by atoms with E-state index in [1.54, 1.807) is 12.3 Å². The molecule has 0 saturated carbocycles. The largest absolute Gasteiger partial charge is 0.468 e.